The monoisotopic (exact) mass is 389 g/mol. The molecule has 0 aliphatic heterocycles. The first-order chi connectivity index (χ1) is 13.4. The van der Waals surface area contributed by atoms with Crippen molar-refractivity contribution in [3.05, 3.63) is 57.8 Å². The van der Waals surface area contributed by atoms with Crippen LogP contribution < -0.4 is 23.7 Å². The number of hydrogen-bond donors (Lipinski definition) is 0. The summed E-state index contributed by atoms with van der Waals surface area (Å²) in [5, 5.41) is 10.4. The highest BCUT2D eigenvalue weighted by atomic mass is 16.6. The minimum atomic E-state index is -0.675. The molecule has 2 aromatic carbocycles. The minimum absolute atomic E-state index is 0.152. The van der Waals surface area contributed by atoms with E-state index in [1.165, 1.54) is 58.8 Å². The molecule has 0 saturated carbocycles. The Kier molecular flexibility index (Phi) is 6.80. The summed E-state index contributed by atoms with van der Waals surface area (Å²) in [6.07, 6.45) is 2.10. The predicted molar refractivity (Wildman–Crippen MR) is 100 cm³/mol. The standard InChI is InChI=1S/C19H19NO8/c1-24-15-9-12(7-8-20(22)23)5-6-14(15)28-19(21)13-10-16(25-2)18(27-4)17(11-13)26-3/h5-11H,1-4H3/b8-7-. The van der Waals surface area contributed by atoms with Gasteiger partial charge in [0, 0.05) is 6.08 Å². The number of nitrogens with zero attached hydrogens (tertiary/aromatic N) is 1. The molecule has 148 valence electrons. The first-order valence-corrected chi connectivity index (χ1v) is 7.95. The molecule has 0 aliphatic rings. The summed E-state index contributed by atoms with van der Waals surface area (Å²) >= 11 is 0. The molecular formula is C19H19NO8. The Balaban J connectivity index is 2.33. The fourth-order valence-electron chi connectivity index (χ4n) is 2.38. The van der Waals surface area contributed by atoms with Crippen molar-refractivity contribution in [3.8, 4) is 28.7 Å². The van der Waals surface area contributed by atoms with Gasteiger partial charge in [0.2, 0.25) is 11.9 Å². The second-order valence-electron chi connectivity index (χ2n) is 5.31. The van der Waals surface area contributed by atoms with Gasteiger partial charge in [-0.2, -0.15) is 0 Å². The van der Waals surface area contributed by atoms with E-state index in [4.69, 9.17) is 23.7 Å². The maximum absolute atomic E-state index is 12.6. The molecule has 0 saturated heterocycles. The third kappa shape index (κ3) is 4.70. The Morgan fingerprint density at radius 2 is 1.50 bits per heavy atom. The molecule has 28 heavy (non-hydrogen) atoms. The van der Waals surface area contributed by atoms with Gasteiger partial charge in [0.1, 0.15) is 0 Å². The highest BCUT2D eigenvalue weighted by Crippen LogP contribution is 2.38. The normalized spacial score (nSPS) is 10.4. The minimum Gasteiger partial charge on any atom is -0.493 e. The summed E-state index contributed by atoms with van der Waals surface area (Å²) in [7, 11) is 5.73. The molecule has 0 N–H and O–H groups in total. The summed E-state index contributed by atoms with van der Waals surface area (Å²) in [6.45, 7) is 0. The lowest BCUT2D eigenvalue weighted by Gasteiger charge is -2.14. The molecule has 0 amide bonds. The quantitative estimate of drug-likeness (QED) is 0.293. The van der Waals surface area contributed by atoms with Crippen LogP contribution in [0.2, 0.25) is 0 Å². The Hall–Kier alpha value is -3.75. The summed E-state index contributed by atoms with van der Waals surface area (Å²) in [5.74, 6) is 0.681. The number of hydrogen-bond acceptors (Lipinski definition) is 8. The summed E-state index contributed by atoms with van der Waals surface area (Å²) in [4.78, 5) is 22.4. The number of esters is 1. The van der Waals surface area contributed by atoms with Crippen LogP contribution >= 0.6 is 0 Å². The Bertz CT molecular complexity index is 882. The van der Waals surface area contributed by atoms with E-state index in [2.05, 4.69) is 0 Å². The van der Waals surface area contributed by atoms with Crippen LogP contribution in [0.4, 0.5) is 0 Å². The van der Waals surface area contributed by atoms with Gasteiger partial charge in [0.25, 0.3) is 0 Å². The molecule has 9 heteroatoms. The van der Waals surface area contributed by atoms with Gasteiger partial charge in [-0.3, -0.25) is 10.1 Å². The molecule has 0 aromatic heterocycles. The van der Waals surface area contributed by atoms with Crippen molar-refractivity contribution in [3.63, 3.8) is 0 Å². The number of ether oxygens (including phenoxy) is 5. The molecule has 0 aliphatic carbocycles. The second-order valence-corrected chi connectivity index (χ2v) is 5.31. The number of benzene rings is 2. The van der Waals surface area contributed by atoms with E-state index in [1.54, 1.807) is 6.07 Å². The van der Waals surface area contributed by atoms with Crippen LogP contribution in [0.3, 0.4) is 0 Å². The highest BCUT2D eigenvalue weighted by molar-refractivity contribution is 5.93. The number of rotatable bonds is 8. The SMILES string of the molecule is COc1cc(/C=C\[N+](=O)[O-])ccc1OC(=O)c1cc(OC)c(OC)c(OC)c1. The van der Waals surface area contributed by atoms with Crippen molar-refractivity contribution >= 4 is 12.0 Å². The first-order valence-electron chi connectivity index (χ1n) is 7.95. The van der Waals surface area contributed by atoms with Gasteiger partial charge >= 0.3 is 5.97 Å². The summed E-state index contributed by atoms with van der Waals surface area (Å²) in [5.41, 5.74) is 0.690. The number of methoxy groups -OCH3 is 4. The van der Waals surface area contributed by atoms with Gasteiger partial charge < -0.3 is 23.7 Å². The topological polar surface area (TPSA) is 106 Å². The molecule has 2 aromatic rings. The van der Waals surface area contributed by atoms with E-state index >= 15 is 0 Å². The van der Waals surface area contributed by atoms with Crippen LogP contribution in [0.5, 0.6) is 28.7 Å². The molecule has 0 radical (unpaired) electrons. The van der Waals surface area contributed by atoms with Gasteiger partial charge in [-0.05, 0) is 29.8 Å². The average Bonchev–Trinajstić information content (AvgIpc) is 2.71. The third-order valence-corrected chi connectivity index (χ3v) is 3.68. The van der Waals surface area contributed by atoms with Crippen molar-refractivity contribution in [1.29, 1.82) is 0 Å². The van der Waals surface area contributed by atoms with E-state index in [1.807, 2.05) is 0 Å². The lowest BCUT2D eigenvalue weighted by atomic mass is 10.1. The van der Waals surface area contributed by atoms with Crippen molar-refractivity contribution in [2.45, 2.75) is 0 Å². The van der Waals surface area contributed by atoms with Gasteiger partial charge in [-0.15, -0.1) is 0 Å². The van der Waals surface area contributed by atoms with Crippen LogP contribution in [-0.4, -0.2) is 39.3 Å². The summed E-state index contributed by atoms with van der Waals surface area (Å²) < 4.78 is 26.3. The fourth-order valence-corrected chi connectivity index (χ4v) is 2.38. The number of nitro groups is 1. The van der Waals surface area contributed by atoms with E-state index in [0.29, 0.717) is 22.8 Å². The molecule has 9 nitrogen and oxygen atoms in total. The van der Waals surface area contributed by atoms with Gasteiger partial charge in [-0.25, -0.2) is 4.79 Å². The lowest BCUT2D eigenvalue weighted by Crippen LogP contribution is -2.10. The molecule has 0 heterocycles. The lowest BCUT2D eigenvalue weighted by molar-refractivity contribution is -0.400. The van der Waals surface area contributed by atoms with Gasteiger partial charge in [-0.1, -0.05) is 6.07 Å². The highest BCUT2D eigenvalue weighted by Gasteiger charge is 2.19. The molecule has 0 spiro atoms. The zero-order valence-corrected chi connectivity index (χ0v) is 15.8. The first kappa shape index (κ1) is 20.6. The third-order valence-electron chi connectivity index (χ3n) is 3.68. The largest absolute Gasteiger partial charge is 0.493 e. The van der Waals surface area contributed by atoms with E-state index in [0.717, 1.165) is 6.20 Å². The molecule has 0 bridgehead atoms. The Morgan fingerprint density at radius 1 is 0.893 bits per heavy atom. The van der Waals surface area contributed by atoms with Gasteiger partial charge in [0.05, 0.1) is 38.9 Å². The molecular weight excluding hydrogens is 370 g/mol. The van der Waals surface area contributed by atoms with E-state index in [-0.39, 0.29) is 17.1 Å². The molecule has 2 rings (SSSR count). The zero-order valence-electron chi connectivity index (χ0n) is 15.8. The van der Waals surface area contributed by atoms with Crippen LogP contribution in [0.15, 0.2) is 36.5 Å². The van der Waals surface area contributed by atoms with E-state index in [9.17, 15) is 14.9 Å². The number of carbonyl (C=O) groups excluding carboxylic acids is 1. The zero-order chi connectivity index (χ0) is 20.7. The van der Waals surface area contributed by atoms with E-state index < -0.39 is 10.9 Å². The van der Waals surface area contributed by atoms with Crippen molar-refractivity contribution in [1.82, 2.24) is 0 Å². The fraction of sp³-hybridized carbons (Fsp3) is 0.211. The molecule has 0 unspecified atom stereocenters. The van der Waals surface area contributed by atoms with Crippen LogP contribution in [0, 0.1) is 10.1 Å². The van der Waals surface area contributed by atoms with Crippen LogP contribution in [-0.2, 0) is 0 Å². The van der Waals surface area contributed by atoms with Gasteiger partial charge in [0.15, 0.2) is 23.0 Å². The Labute approximate surface area is 161 Å². The van der Waals surface area contributed by atoms with Crippen LogP contribution in [0.25, 0.3) is 6.08 Å². The van der Waals surface area contributed by atoms with Crippen LogP contribution in [0.1, 0.15) is 15.9 Å². The Morgan fingerprint density at radius 3 is 2.00 bits per heavy atom. The molecule has 0 fully saturated rings. The van der Waals surface area contributed by atoms with Crippen molar-refractivity contribution < 1.29 is 33.4 Å². The maximum atomic E-state index is 12.6. The van der Waals surface area contributed by atoms with Crippen molar-refractivity contribution in [2.24, 2.45) is 0 Å². The predicted octanol–water partition coefficient (Wildman–Crippen LogP) is 3.19. The number of carbonyl (C=O) groups is 1. The van der Waals surface area contributed by atoms with Crippen molar-refractivity contribution in [2.75, 3.05) is 28.4 Å². The molecule has 0 atom stereocenters. The maximum Gasteiger partial charge on any atom is 0.343 e. The summed E-state index contributed by atoms with van der Waals surface area (Å²) in [6, 6.07) is 7.47. The second kappa shape index (κ2) is 9.26. The average molecular weight is 389 g/mol. The smallest absolute Gasteiger partial charge is 0.343 e.